The predicted octanol–water partition coefficient (Wildman–Crippen LogP) is 4.44. The number of fused-ring (bicyclic) bond motifs is 2. The van der Waals surface area contributed by atoms with E-state index in [4.69, 9.17) is 23.7 Å². The first-order valence-corrected chi connectivity index (χ1v) is 13.4. The average Bonchev–Trinajstić information content (AvgIpc) is 3.60. The molecule has 3 aliphatic rings. The number of allylic oxidation sites excluding steroid dienone is 1. The summed E-state index contributed by atoms with van der Waals surface area (Å²) in [6.07, 6.45) is 1.58. The van der Waals surface area contributed by atoms with Crippen LogP contribution in [0.15, 0.2) is 76.4 Å². The van der Waals surface area contributed by atoms with Gasteiger partial charge in [0.25, 0.3) is 0 Å². The number of hydrogen-bond donors (Lipinski definition) is 1. The number of carbonyl (C=O) groups is 2. The maximum Gasteiger partial charge on any atom is 0.338 e. The molecule has 1 amide bonds. The van der Waals surface area contributed by atoms with Gasteiger partial charge < -0.3 is 33.9 Å². The van der Waals surface area contributed by atoms with Crippen LogP contribution in [0.5, 0.6) is 23.0 Å². The first kappa shape index (κ1) is 27.2. The van der Waals surface area contributed by atoms with Gasteiger partial charge in [-0.1, -0.05) is 30.5 Å². The van der Waals surface area contributed by atoms with E-state index in [9.17, 15) is 9.59 Å². The zero-order valence-corrected chi connectivity index (χ0v) is 23.2. The third-order valence-electron chi connectivity index (χ3n) is 6.51. The largest absolute Gasteiger partial charge is 0.497 e. The number of benzene rings is 2. The number of methoxy groups -OCH3 is 2. The van der Waals surface area contributed by atoms with Crippen LogP contribution in [0.2, 0.25) is 0 Å². The van der Waals surface area contributed by atoms with Gasteiger partial charge in [0.15, 0.2) is 16.7 Å². The lowest BCUT2D eigenvalue weighted by molar-refractivity contribution is -0.138. The van der Waals surface area contributed by atoms with Gasteiger partial charge in [-0.3, -0.25) is 4.79 Å². The molecule has 0 saturated carbocycles. The molecule has 0 spiro atoms. The van der Waals surface area contributed by atoms with Gasteiger partial charge in [-0.05, 0) is 47.7 Å². The highest BCUT2D eigenvalue weighted by Crippen LogP contribution is 2.46. The summed E-state index contributed by atoms with van der Waals surface area (Å²) in [5, 5.41) is 5.51. The van der Waals surface area contributed by atoms with E-state index in [1.807, 2.05) is 40.6 Å². The molecule has 1 atom stereocenters. The Hall–Kier alpha value is -4.38. The van der Waals surface area contributed by atoms with Crippen molar-refractivity contribution < 1.29 is 33.3 Å². The van der Waals surface area contributed by atoms with E-state index >= 15 is 0 Å². The highest BCUT2D eigenvalue weighted by Gasteiger charge is 2.41. The van der Waals surface area contributed by atoms with Gasteiger partial charge >= 0.3 is 5.97 Å². The van der Waals surface area contributed by atoms with Crippen LogP contribution >= 0.6 is 11.8 Å². The standard InChI is InChI=1S/C29H29N3O7S/c1-5-8-37-28(34)26-17(2)31-29-32(27(26)19-10-21(35-3)13-22(11-19)36-4)20(15-40-29)12-25(33)30-14-18-6-7-23-24(9-18)39-16-38-23/h5-7,9-11,13,15,27H,1,8,12,14,16H2,2-4H3,(H,30,33)/t27-/m0/s1. The van der Waals surface area contributed by atoms with E-state index in [0.29, 0.717) is 51.7 Å². The monoisotopic (exact) mass is 563 g/mol. The Morgan fingerprint density at radius 3 is 2.62 bits per heavy atom. The van der Waals surface area contributed by atoms with E-state index in [0.717, 1.165) is 11.1 Å². The minimum Gasteiger partial charge on any atom is -0.497 e. The molecule has 2 aromatic rings. The normalized spacial score (nSPS) is 17.1. The Labute approximate surface area is 236 Å². The molecular weight excluding hydrogens is 534 g/mol. The van der Waals surface area contributed by atoms with Crippen LogP contribution in [-0.4, -0.2) is 49.6 Å². The summed E-state index contributed by atoms with van der Waals surface area (Å²) in [5.74, 6) is 1.77. The molecule has 3 aliphatic heterocycles. The molecule has 1 N–H and O–H groups in total. The second-order valence-corrected chi connectivity index (χ2v) is 9.90. The average molecular weight is 564 g/mol. The SMILES string of the molecule is C=CCOC(=O)C1=C(C)N=C2SC=C(CC(=O)NCc3ccc4c(c3)OCO4)N2[C@H]1c1cc(OC)cc(OC)c1. The van der Waals surface area contributed by atoms with E-state index in [1.54, 1.807) is 27.2 Å². The molecule has 2 aromatic carbocycles. The van der Waals surface area contributed by atoms with Gasteiger partial charge in [0, 0.05) is 18.3 Å². The summed E-state index contributed by atoms with van der Waals surface area (Å²) in [5.41, 5.74) is 3.19. The lowest BCUT2D eigenvalue weighted by Gasteiger charge is -2.36. The number of amides is 1. The van der Waals surface area contributed by atoms with E-state index < -0.39 is 12.0 Å². The van der Waals surface area contributed by atoms with Crippen LogP contribution in [0.1, 0.15) is 30.5 Å². The highest BCUT2D eigenvalue weighted by atomic mass is 32.2. The van der Waals surface area contributed by atoms with Crippen molar-refractivity contribution in [1.82, 2.24) is 10.2 Å². The van der Waals surface area contributed by atoms with Crippen LogP contribution in [0.4, 0.5) is 0 Å². The molecule has 0 aliphatic carbocycles. The van der Waals surface area contributed by atoms with Crippen LogP contribution in [0.3, 0.4) is 0 Å². The topological polar surface area (TPSA) is 108 Å². The number of thioether (sulfide) groups is 1. The number of amidine groups is 1. The van der Waals surface area contributed by atoms with E-state index in [1.165, 1.54) is 17.8 Å². The molecule has 3 heterocycles. The predicted molar refractivity (Wildman–Crippen MR) is 150 cm³/mol. The number of rotatable bonds is 10. The molecule has 0 saturated heterocycles. The van der Waals surface area contributed by atoms with Crippen molar-refractivity contribution in [3.8, 4) is 23.0 Å². The number of nitrogens with one attached hydrogen (secondary N) is 1. The third-order valence-corrected chi connectivity index (χ3v) is 7.40. The summed E-state index contributed by atoms with van der Waals surface area (Å²) < 4.78 is 27.2. The summed E-state index contributed by atoms with van der Waals surface area (Å²) >= 11 is 1.40. The van der Waals surface area contributed by atoms with Gasteiger partial charge in [-0.15, -0.1) is 0 Å². The minimum atomic E-state index is -0.628. The van der Waals surface area contributed by atoms with Crippen LogP contribution in [-0.2, 0) is 20.9 Å². The summed E-state index contributed by atoms with van der Waals surface area (Å²) in [6.45, 7) is 5.98. The van der Waals surface area contributed by atoms with Crippen molar-refractivity contribution in [3.05, 3.63) is 82.6 Å². The highest BCUT2D eigenvalue weighted by molar-refractivity contribution is 8.16. The van der Waals surface area contributed by atoms with Crippen LogP contribution < -0.4 is 24.3 Å². The van der Waals surface area contributed by atoms with Gasteiger partial charge in [0.05, 0.1) is 38.0 Å². The molecule has 10 nitrogen and oxygen atoms in total. The minimum absolute atomic E-state index is 0.0556. The molecule has 208 valence electrons. The smallest absolute Gasteiger partial charge is 0.338 e. The van der Waals surface area contributed by atoms with Gasteiger partial charge in [-0.2, -0.15) is 0 Å². The number of hydrogen-bond acceptors (Lipinski definition) is 10. The van der Waals surface area contributed by atoms with Crippen molar-refractivity contribution >= 4 is 28.8 Å². The van der Waals surface area contributed by atoms with E-state index in [-0.39, 0.29) is 25.7 Å². The molecule has 0 fully saturated rings. The van der Waals surface area contributed by atoms with Crippen molar-refractivity contribution in [2.24, 2.45) is 4.99 Å². The lowest BCUT2D eigenvalue weighted by Crippen LogP contribution is -2.38. The number of ether oxygens (including phenoxy) is 5. The maximum absolute atomic E-state index is 13.3. The second-order valence-electron chi connectivity index (χ2n) is 9.07. The molecule has 0 aromatic heterocycles. The molecule has 11 heteroatoms. The fourth-order valence-electron chi connectivity index (χ4n) is 4.62. The molecule has 0 unspecified atom stereocenters. The van der Waals surface area contributed by atoms with Crippen molar-refractivity contribution in [2.45, 2.75) is 25.9 Å². The third kappa shape index (κ3) is 5.50. The quantitative estimate of drug-likeness (QED) is 0.332. The summed E-state index contributed by atoms with van der Waals surface area (Å²) in [4.78, 5) is 33.0. The zero-order valence-electron chi connectivity index (χ0n) is 22.4. The Balaban J connectivity index is 1.42. The molecular formula is C29H29N3O7S. The van der Waals surface area contributed by atoms with Crippen LogP contribution in [0.25, 0.3) is 0 Å². The fourth-order valence-corrected chi connectivity index (χ4v) is 5.59. The van der Waals surface area contributed by atoms with Crippen LogP contribution in [0, 0.1) is 0 Å². The molecule has 0 radical (unpaired) electrons. The van der Waals surface area contributed by atoms with Crippen molar-refractivity contribution in [1.29, 1.82) is 0 Å². The second kappa shape index (κ2) is 11.8. The zero-order chi connectivity index (χ0) is 28.2. The Morgan fingerprint density at radius 1 is 1.15 bits per heavy atom. The summed E-state index contributed by atoms with van der Waals surface area (Å²) in [7, 11) is 3.13. The van der Waals surface area contributed by atoms with Gasteiger partial charge in [0.1, 0.15) is 18.1 Å². The first-order valence-electron chi connectivity index (χ1n) is 12.5. The maximum atomic E-state index is 13.3. The molecule has 0 bridgehead atoms. The lowest BCUT2D eigenvalue weighted by atomic mass is 9.93. The van der Waals surface area contributed by atoms with Crippen molar-refractivity contribution in [2.75, 3.05) is 27.6 Å². The number of carbonyl (C=O) groups excluding carboxylic acids is 2. The van der Waals surface area contributed by atoms with Crippen molar-refractivity contribution in [3.63, 3.8) is 0 Å². The Morgan fingerprint density at radius 2 is 1.90 bits per heavy atom. The Kier molecular flexibility index (Phi) is 8.01. The molecule has 40 heavy (non-hydrogen) atoms. The molecule has 5 rings (SSSR count). The number of esters is 1. The fraction of sp³-hybridized carbons (Fsp3) is 0.276. The Bertz CT molecular complexity index is 1430. The number of aliphatic imine (C=N–C) groups is 1. The van der Waals surface area contributed by atoms with Gasteiger partial charge in [-0.25, -0.2) is 9.79 Å². The first-order chi connectivity index (χ1) is 19.4. The number of nitrogens with zero attached hydrogens (tertiary/aromatic N) is 2. The van der Waals surface area contributed by atoms with E-state index in [2.05, 4.69) is 16.9 Å². The van der Waals surface area contributed by atoms with Gasteiger partial charge in [0.2, 0.25) is 12.7 Å². The summed E-state index contributed by atoms with van der Waals surface area (Å²) in [6, 6.07) is 10.4.